The molecular formula is C12H13F3O3S. The third kappa shape index (κ3) is 2.76. The summed E-state index contributed by atoms with van der Waals surface area (Å²) in [6, 6.07) is 3.78. The van der Waals surface area contributed by atoms with E-state index in [4.69, 9.17) is 5.11 Å². The smallest absolute Gasteiger partial charge is 0.396 e. The van der Waals surface area contributed by atoms with Crippen molar-refractivity contribution < 1.29 is 26.7 Å². The monoisotopic (exact) mass is 294 g/mol. The first-order valence-corrected chi connectivity index (χ1v) is 7.32. The number of hydrogen-bond acceptors (Lipinski definition) is 3. The summed E-state index contributed by atoms with van der Waals surface area (Å²) in [5.74, 6) is -0.0643. The predicted octanol–water partition coefficient (Wildman–Crippen LogP) is 2.25. The van der Waals surface area contributed by atoms with E-state index in [1.54, 1.807) is 0 Å². The van der Waals surface area contributed by atoms with Crippen molar-refractivity contribution in [2.75, 3.05) is 6.61 Å². The van der Waals surface area contributed by atoms with Crippen molar-refractivity contribution in [3.63, 3.8) is 0 Å². The van der Waals surface area contributed by atoms with Gasteiger partial charge >= 0.3 is 6.18 Å². The van der Waals surface area contributed by atoms with Crippen molar-refractivity contribution in [2.24, 2.45) is 5.92 Å². The highest BCUT2D eigenvalue weighted by molar-refractivity contribution is 7.92. The first-order valence-electron chi connectivity index (χ1n) is 5.77. The second kappa shape index (κ2) is 4.79. The van der Waals surface area contributed by atoms with Crippen molar-refractivity contribution >= 4 is 9.84 Å². The van der Waals surface area contributed by atoms with E-state index < -0.39 is 26.8 Å². The van der Waals surface area contributed by atoms with Crippen LogP contribution in [0.2, 0.25) is 0 Å². The van der Waals surface area contributed by atoms with Crippen molar-refractivity contribution in [3.05, 3.63) is 29.8 Å². The van der Waals surface area contributed by atoms with Crippen LogP contribution in [0.1, 0.15) is 18.4 Å². The summed E-state index contributed by atoms with van der Waals surface area (Å²) in [6.07, 6.45) is -3.96. The first-order chi connectivity index (χ1) is 8.75. The molecule has 0 aliphatic heterocycles. The summed E-state index contributed by atoms with van der Waals surface area (Å²) >= 11 is 0. The second-order valence-corrected chi connectivity index (χ2v) is 6.94. The van der Waals surface area contributed by atoms with E-state index in [1.165, 1.54) is 6.07 Å². The standard InChI is InChI=1S/C12H13F3O3S/c13-12(14,15)9-2-1-3-10(6-9)19(17,18)11-4-8(5-11)7-16/h1-3,6,8,11,16H,4-5,7H2. The summed E-state index contributed by atoms with van der Waals surface area (Å²) in [5, 5.41) is 8.16. The minimum Gasteiger partial charge on any atom is -0.396 e. The molecule has 3 nitrogen and oxygen atoms in total. The highest BCUT2D eigenvalue weighted by Gasteiger charge is 2.40. The van der Waals surface area contributed by atoms with Crippen LogP contribution in [0.4, 0.5) is 13.2 Å². The fourth-order valence-electron chi connectivity index (χ4n) is 2.12. The molecule has 1 aromatic rings. The Labute approximate surface area is 109 Å². The highest BCUT2D eigenvalue weighted by Crippen LogP contribution is 2.37. The van der Waals surface area contributed by atoms with E-state index in [0.717, 1.165) is 12.1 Å². The first kappa shape index (κ1) is 14.3. The molecule has 106 valence electrons. The van der Waals surface area contributed by atoms with Gasteiger partial charge in [0.2, 0.25) is 0 Å². The van der Waals surface area contributed by atoms with Crippen LogP contribution < -0.4 is 0 Å². The molecule has 1 saturated carbocycles. The highest BCUT2D eigenvalue weighted by atomic mass is 32.2. The number of aliphatic hydroxyl groups excluding tert-OH is 1. The Morgan fingerprint density at radius 3 is 2.42 bits per heavy atom. The van der Waals surface area contributed by atoms with E-state index in [9.17, 15) is 21.6 Å². The van der Waals surface area contributed by atoms with Crippen LogP contribution in [0.25, 0.3) is 0 Å². The zero-order valence-corrected chi connectivity index (χ0v) is 10.7. The quantitative estimate of drug-likeness (QED) is 0.930. The Kier molecular flexibility index (Phi) is 3.61. The molecule has 0 aromatic heterocycles. The number of halogens is 3. The Morgan fingerprint density at radius 2 is 1.89 bits per heavy atom. The van der Waals surface area contributed by atoms with Crippen molar-refractivity contribution in [3.8, 4) is 0 Å². The fraction of sp³-hybridized carbons (Fsp3) is 0.500. The molecule has 0 amide bonds. The van der Waals surface area contributed by atoms with Gasteiger partial charge in [-0.1, -0.05) is 6.07 Å². The van der Waals surface area contributed by atoms with Crippen molar-refractivity contribution in [1.29, 1.82) is 0 Å². The number of alkyl halides is 3. The van der Waals surface area contributed by atoms with Crippen LogP contribution in [-0.4, -0.2) is 25.4 Å². The van der Waals surface area contributed by atoms with Gasteiger partial charge in [-0.05, 0) is 37.0 Å². The minimum absolute atomic E-state index is 0.0643. The average Bonchev–Trinajstić information content (AvgIpc) is 2.26. The number of aliphatic hydroxyl groups is 1. The topological polar surface area (TPSA) is 54.4 Å². The molecule has 0 bridgehead atoms. The van der Waals surface area contributed by atoms with Crippen LogP contribution in [0.3, 0.4) is 0 Å². The summed E-state index contributed by atoms with van der Waals surface area (Å²) < 4.78 is 61.8. The lowest BCUT2D eigenvalue weighted by Gasteiger charge is -2.33. The molecule has 1 N–H and O–H groups in total. The number of hydrogen-bond donors (Lipinski definition) is 1. The number of rotatable bonds is 3. The number of benzene rings is 1. The third-order valence-corrected chi connectivity index (χ3v) is 5.55. The zero-order valence-electron chi connectivity index (χ0n) is 9.89. The van der Waals surface area contributed by atoms with Crippen molar-refractivity contribution in [1.82, 2.24) is 0 Å². The van der Waals surface area contributed by atoms with Gasteiger partial charge in [0.15, 0.2) is 9.84 Å². The Balaban J connectivity index is 2.27. The van der Waals surface area contributed by atoms with Gasteiger partial charge in [-0.25, -0.2) is 8.42 Å². The Hall–Kier alpha value is -1.08. The molecule has 1 aromatic carbocycles. The van der Waals surface area contributed by atoms with Gasteiger partial charge < -0.3 is 5.11 Å². The molecule has 19 heavy (non-hydrogen) atoms. The lowest BCUT2D eigenvalue weighted by atomic mass is 9.86. The maximum absolute atomic E-state index is 12.5. The Morgan fingerprint density at radius 1 is 1.26 bits per heavy atom. The van der Waals surface area contributed by atoms with Gasteiger partial charge in [0.1, 0.15) is 0 Å². The molecule has 0 unspecified atom stereocenters. The zero-order chi connectivity index (χ0) is 14.3. The molecule has 0 atom stereocenters. The van der Waals surface area contributed by atoms with E-state index in [1.807, 2.05) is 0 Å². The summed E-state index contributed by atoms with van der Waals surface area (Å²) in [4.78, 5) is -0.302. The van der Waals surface area contributed by atoms with Crippen LogP contribution in [0, 0.1) is 5.92 Å². The largest absolute Gasteiger partial charge is 0.416 e. The summed E-state index contributed by atoms with van der Waals surface area (Å²) in [5.41, 5.74) is -0.966. The molecular weight excluding hydrogens is 281 g/mol. The molecule has 0 heterocycles. The second-order valence-electron chi connectivity index (χ2n) is 4.71. The molecule has 0 saturated heterocycles. The van der Waals surface area contributed by atoms with Crippen LogP contribution in [0.15, 0.2) is 29.2 Å². The Bertz CT molecular complexity index is 560. The van der Waals surface area contributed by atoms with Crippen molar-refractivity contribution in [2.45, 2.75) is 29.2 Å². The van der Waals surface area contributed by atoms with E-state index in [0.29, 0.717) is 18.9 Å². The van der Waals surface area contributed by atoms with E-state index >= 15 is 0 Å². The van der Waals surface area contributed by atoms with Gasteiger partial charge in [0, 0.05) is 6.61 Å². The van der Waals surface area contributed by atoms with Gasteiger partial charge in [-0.3, -0.25) is 0 Å². The SMILES string of the molecule is O=S(=O)(c1cccc(C(F)(F)F)c1)C1CC(CO)C1. The van der Waals surface area contributed by atoms with Gasteiger partial charge in [-0.15, -0.1) is 0 Å². The lowest BCUT2D eigenvalue weighted by molar-refractivity contribution is -0.137. The van der Waals surface area contributed by atoms with Crippen LogP contribution in [-0.2, 0) is 16.0 Å². The summed E-state index contributed by atoms with van der Waals surface area (Å²) in [6.45, 7) is -0.0887. The van der Waals surface area contributed by atoms with Crippen LogP contribution in [0.5, 0.6) is 0 Å². The lowest BCUT2D eigenvalue weighted by Crippen LogP contribution is -2.37. The van der Waals surface area contributed by atoms with E-state index in [2.05, 4.69) is 0 Å². The minimum atomic E-state index is -4.56. The maximum Gasteiger partial charge on any atom is 0.416 e. The number of sulfone groups is 1. The van der Waals surface area contributed by atoms with Gasteiger partial charge in [0.25, 0.3) is 0 Å². The molecule has 2 rings (SSSR count). The molecule has 1 aliphatic carbocycles. The molecule has 7 heteroatoms. The maximum atomic E-state index is 12.5. The molecule has 0 radical (unpaired) electrons. The third-order valence-electron chi connectivity index (χ3n) is 3.38. The predicted molar refractivity (Wildman–Crippen MR) is 62.2 cm³/mol. The fourth-order valence-corrected chi connectivity index (χ4v) is 4.11. The normalized spacial score (nSPS) is 24.0. The van der Waals surface area contributed by atoms with Crippen LogP contribution >= 0.6 is 0 Å². The van der Waals surface area contributed by atoms with Gasteiger partial charge in [0.05, 0.1) is 15.7 Å². The summed E-state index contributed by atoms with van der Waals surface area (Å²) in [7, 11) is -3.74. The average molecular weight is 294 g/mol. The molecule has 1 fully saturated rings. The molecule has 1 aliphatic rings. The molecule has 0 spiro atoms. The van der Waals surface area contributed by atoms with E-state index in [-0.39, 0.29) is 17.4 Å². The van der Waals surface area contributed by atoms with Gasteiger partial charge in [-0.2, -0.15) is 13.2 Å².